The van der Waals surface area contributed by atoms with Crippen molar-refractivity contribution in [2.75, 3.05) is 0 Å². The highest BCUT2D eigenvalue weighted by Gasteiger charge is 2.12. The van der Waals surface area contributed by atoms with Gasteiger partial charge in [-0.2, -0.15) is 4.98 Å². The zero-order valence-corrected chi connectivity index (χ0v) is 14.0. The van der Waals surface area contributed by atoms with E-state index in [2.05, 4.69) is 30.8 Å². The second kappa shape index (κ2) is 6.71. The summed E-state index contributed by atoms with van der Waals surface area (Å²) >= 11 is 0. The molecule has 1 N–H and O–H groups in total. The lowest BCUT2D eigenvalue weighted by Crippen LogP contribution is -2.22. The number of carbonyl (C=O) groups is 1. The van der Waals surface area contributed by atoms with Gasteiger partial charge in [-0.15, -0.1) is 5.10 Å². The Hall–Kier alpha value is -3.62. The van der Waals surface area contributed by atoms with Gasteiger partial charge in [0.15, 0.2) is 0 Å². The van der Waals surface area contributed by atoms with Crippen LogP contribution < -0.4 is 5.32 Å². The van der Waals surface area contributed by atoms with Crippen LogP contribution in [0, 0.1) is 0 Å². The number of pyridine rings is 1. The van der Waals surface area contributed by atoms with E-state index >= 15 is 0 Å². The summed E-state index contributed by atoms with van der Waals surface area (Å²) in [6.07, 6.45) is 3.30. The molecule has 0 atom stereocenters. The smallest absolute Gasteiger partial charge is 0.251 e. The number of aryl methyl sites for hydroxylation is 1. The molecule has 4 rings (SSSR count). The maximum atomic E-state index is 12.4. The van der Waals surface area contributed by atoms with E-state index < -0.39 is 0 Å². The Kier molecular flexibility index (Phi) is 4.10. The fourth-order valence-electron chi connectivity index (χ4n) is 2.55. The third kappa shape index (κ3) is 3.02. The molecule has 1 amide bonds. The van der Waals surface area contributed by atoms with Crippen molar-refractivity contribution in [1.29, 1.82) is 0 Å². The molecule has 9 nitrogen and oxygen atoms in total. The fourth-order valence-corrected chi connectivity index (χ4v) is 2.55. The van der Waals surface area contributed by atoms with Crippen molar-refractivity contribution in [3.8, 4) is 11.4 Å². The molecule has 9 heteroatoms. The summed E-state index contributed by atoms with van der Waals surface area (Å²) in [5.41, 5.74) is 2.86. The number of fused-ring (bicyclic) bond motifs is 1. The number of nitrogens with one attached hydrogen (secondary N) is 1. The largest absolute Gasteiger partial charge is 0.343 e. The lowest BCUT2D eigenvalue weighted by molar-refractivity contribution is 0.0946. The molecule has 0 saturated carbocycles. The van der Waals surface area contributed by atoms with Gasteiger partial charge in [0.2, 0.25) is 11.7 Å². The Bertz CT molecular complexity index is 1060. The topological polar surface area (TPSA) is 112 Å². The molecule has 26 heavy (non-hydrogen) atoms. The van der Waals surface area contributed by atoms with Crippen LogP contribution in [0.3, 0.4) is 0 Å². The lowest BCUT2D eigenvalue weighted by atomic mass is 10.2. The SMILES string of the molecule is CCn1nnc2cc(C(=O)NCc3nc(-c4ccncc4)no3)ccc21. The van der Waals surface area contributed by atoms with E-state index in [1.165, 1.54) is 0 Å². The molecule has 0 radical (unpaired) electrons. The second-order valence-corrected chi connectivity index (χ2v) is 5.54. The first-order valence-corrected chi connectivity index (χ1v) is 8.09. The third-order valence-electron chi connectivity index (χ3n) is 3.88. The van der Waals surface area contributed by atoms with Gasteiger partial charge in [-0.05, 0) is 37.3 Å². The van der Waals surface area contributed by atoms with Crippen LogP contribution in [0.2, 0.25) is 0 Å². The van der Waals surface area contributed by atoms with E-state index in [4.69, 9.17) is 4.52 Å². The predicted molar refractivity (Wildman–Crippen MR) is 91.9 cm³/mol. The maximum absolute atomic E-state index is 12.4. The number of amides is 1. The molecule has 4 aromatic rings. The van der Waals surface area contributed by atoms with Gasteiger partial charge >= 0.3 is 0 Å². The molecule has 0 saturated heterocycles. The second-order valence-electron chi connectivity index (χ2n) is 5.54. The number of hydrogen-bond acceptors (Lipinski definition) is 7. The Labute approximate surface area is 148 Å². The number of nitrogens with zero attached hydrogens (tertiary/aromatic N) is 6. The zero-order valence-electron chi connectivity index (χ0n) is 14.0. The first kappa shape index (κ1) is 15.9. The van der Waals surface area contributed by atoms with Crippen molar-refractivity contribution < 1.29 is 9.32 Å². The Morgan fingerprint density at radius 3 is 2.88 bits per heavy atom. The van der Waals surface area contributed by atoms with E-state index in [9.17, 15) is 4.79 Å². The summed E-state index contributed by atoms with van der Waals surface area (Å²) in [7, 11) is 0. The maximum Gasteiger partial charge on any atom is 0.251 e. The highest BCUT2D eigenvalue weighted by molar-refractivity contribution is 5.97. The van der Waals surface area contributed by atoms with Crippen molar-refractivity contribution in [1.82, 2.24) is 35.4 Å². The molecule has 0 spiro atoms. The van der Waals surface area contributed by atoms with E-state index in [1.54, 1.807) is 41.3 Å². The summed E-state index contributed by atoms with van der Waals surface area (Å²) in [6.45, 7) is 2.84. The lowest BCUT2D eigenvalue weighted by Gasteiger charge is -2.02. The predicted octanol–water partition coefficient (Wildman–Crippen LogP) is 1.83. The van der Waals surface area contributed by atoms with Gasteiger partial charge in [0.05, 0.1) is 12.1 Å². The minimum absolute atomic E-state index is 0.136. The highest BCUT2D eigenvalue weighted by atomic mass is 16.5. The van der Waals surface area contributed by atoms with Crippen LogP contribution in [0.25, 0.3) is 22.4 Å². The van der Waals surface area contributed by atoms with Gasteiger partial charge in [0, 0.05) is 30.1 Å². The number of hydrogen-bond donors (Lipinski definition) is 1. The monoisotopic (exact) mass is 349 g/mol. The molecule has 0 aliphatic carbocycles. The fraction of sp³-hybridized carbons (Fsp3) is 0.176. The molecule has 1 aromatic carbocycles. The highest BCUT2D eigenvalue weighted by Crippen LogP contribution is 2.15. The van der Waals surface area contributed by atoms with E-state index in [1.807, 2.05) is 13.0 Å². The van der Waals surface area contributed by atoms with Crippen LogP contribution in [0.15, 0.2) is 47.2 Å². The Balaban J connectivity index is 1.45. The van der Waals surface area contributed by atoms with Crippen LogP contribution >= 0.6 is 0 Å². The minimum Gasteiger partial charge on any atom is -0.343 e. The number of carbonyl (C=O) groups excluding carboxylic acids is 1. The van der Waals surface area contributed by atoms with Gasteiger partial charge < -0.3 is 9.84 Å². The van der Waals surface area contributed by atoms with Crippen LogP contribution in [0.1, 0.15) is 23.2 Å². The first-order valence-electron chi connectivity index (χ1n) is 8.09. The summed E-state index contributed by atoms with van der Waals surface area (Å²) in [6, 6.07) is 8.85. The first-order chi connectivity index (χ1) is 12.7. The zero-order chi connectivity index (χ0) is 17.9. The van der Waals surface area contributed by atoms with E-state index in [0.717, 1.165) is 17.6 Å². The van der Waals surface area contributed by atoms with Gasteiger partial charge in [0.1, 0.15) is 5.52 Å². The van der Waals surface area contributed by atoms with Crippen molar-refractivity contribution >= 4 is 16.9 Å². The molecule has 0 fully saturated rings. The molecule has 130 valence electrons. The normalized spacial score (nSPS) is 11.0. The van der Waals surface area contributed by atoms with Crippen molar-refractivity contribution in [2.24, 2.45) is 0 Å². The Morgan fingerprint density at radius 1 is 1.23 bits per heavy atom. The summed E-state index contributed by atoms with van der Waals surface area (Å²) in [5.74, 6) is 0.527. The Morgan fingerprint density at radius 2 is 2.08 bits per heavy atom. The van der Waals surface area contributed by atoms with Crippen LogP contribution in [-0.2, 0) is 13.1 Å². The molecule has 0 unspecified atom stereocenters. The number of aromatic nitrogens is 6. The van der Waals surface area contributed by atoms with Crippen LogP contribution in [0.4, 0.5) is 0 Å². The molecule has 3 aromatic heterocycles. The van der Waals surface area contributed by atoms with Gasteiger partial charge in [-0.25, -0.2) is 4.68 Å². The molecular formula is C17H15N7O2. The van der Waals surface area contributed by atoms with Crippen molar-refractivity contribution in [3.05, 3.63) is 54.2 Å². The molecule has 0 aliphatic rings. The third-order valence-corrected chi connectivity index (χ3v) is 3.88. The average molecular weight is 349 g/mol. The van der Waals surface area contributed by atoms with Crippen LogP contribution in [-0.4, -0.2) is 36.0 Å². The van der Waals surface area contributed by atoms with Gasteiger partial charge in [0.25, 0.3) is 5.91 Å². The van der Waals surface area contributed by atoms with Gasteiger partial charge in [-0.3, -0.25) is 9.78 Å². The van der Waals surface area contributed by atoms with Crippen molar-refractivity contribution in [2.45, 2.75) is 20.0 Å². The standard InChI is InChI=1S/C17H15N7O2/c1-2-24-14-4-3-12(9-13(14)21-23-24)17(25)19-10-15-20-16(22-26-15)11-5-7-18-8-6-11/h3-9H,2,10H2,1H3,(H,19,25). The van der Waals surface area contributed by atoms with E-state index in [0.29, 0.717) is 22.8 Å². The minimum atomic E-state index is -0.249. The van der Waals surface area contributed by atoms with E-state index in [-0.39, 0.29) is 12.5 Å². The number of benzene rings is 1. The summed E-state index contributed by atoms with van der Waals surface area (Å²) in [5, 5.41) is 14.8. The quantitative estimate of drug-likeness (QED) is 0.585. The molecule has 3 heterocycles. The molecule has 0 bridgehead atoms. The molecule has 0 aliphatic heterocycles. The van der Waals surface area contributed by atoms with Gasteiger partial charge in [-0.1, -0.05) is 10.4 Å². The summed E-state index contributed by atoms with van der Waals surface area (Å²) < 4.78 is 6.95. The van der Waals surface area contributed by atoms with Crippen molar-refractivity contribution in [3.63, 3.8) is 0 Å². The average Bonchev–Trinajstić information content (AvgIpc) is 3.33. The van der Waals surface area contributed by atoms with Crippen LogP contribution in [0.5, 0.6) is 0 Å². The number of rotatable bonds is 5. The summed E-state index contributed by atoms with van der Waals surface area (Å²) in [4.78, 5) is 20.6. The molecular weight excluding hydrogens is 334 g/mol.